The van der Waals surface area contributed by atoms with Gasteiger partial charge < -0.3 is 23.8 Å². The van der Waals surface area contributed by atoms with Crippen LogP contribution in [0.5, 0.6) is 5.75 Å². The first-order chi connectivity index (χ1) is 12.1. The van der Waals surface area contributed by atoms with Gasteiger partial charge in [-0.2, -0.15) is 0 Å². The number of nitrogens with zero attached hydrogens (tertiary/aromatic N) is 1. The zero-order valence-electron chi connectivity index (χ0n) is 15.1. The quantitative estimate of drug-likeness (QED) is 0.423. The number of hydrogen-bond acceptors (Lipinski definition) is 7. The van der Waals surface area contributed by atoms with Crippen LogP contribution in [0.15, 0.2) is 12.1 Å². The van der Waals surface area contributed by atoms with Crippen LogP contribution in [-0.4, -0.2) is 60.1 Å². The van der Waals surface area contributed by atoms with Crippen molar-refractivity contribution < 1.29 is 28.5 Å². The standard InChI is InChI=1S/C18H25NO6/c1-22-15-10-14(9-13(11-20)16(15)17(21)23-2)19-7-5-12(6-8-19)18(24-3)25-4/h9-12,18H,5-8H2,1-4H3. The highest BCUT2D eigenvalue weighted by Gasteiger charge is 2.28. The summed E-state index contributed by atoms with van der Waals surface area (Å²) in [4.78, 5) is 25.6. The Morgan fingerprint density at radius 1 is 1.16 bits per heavy atom. The summed E-state index contributed by atoms with van der Waals surface area (Å²) in [5.41, 5.74) is 1.25. The predicted molar refractivity (Wildman–Crippen MR) is 92.5 cm³/mol. The minimum atomic E-state index is -0.591. The lowest BCUT2D eigenvalue weighted by atomic mass is 9.95. The topological polar surface area (TPSA) is 74.3 Å². The number of benzene rings is 1. The van der Waals surface area contributed by atoms with Crippen molar-refractivity contribution in [3.05, 3.63) is 23.3 Å². The van der Waals surface area contributed by atoms with E-state index in [1.165, 1.54) is 14.2 Å². The van der Waals surface area contributed by atoms with Gasteiger partial charge in [-0.3, -0.25) is 4.79 Å². The van der Waals surface area contributed by atoms with Crippen molar-refractivity contribution in [3.8, 4) is 5.75 Å². The average molecular weight is 351 g/mol. The Labute approximate surface area is 147 Å². The van der Waals surface area contributed by atoms with Gasteiger partial charge in [-0.05, 0) is 18.9 Å². The highest BCUT2D eigenvalue weighted by molar-refractivity contribution is 6.01. The predicted octanol–water partition coefficient (Wildman–Crippen LogP) is 2.13. The van der Waals surface area contributed by atoms with Gasteiger partial charge in [0, 0.05) is 50.5 Å². The van der Waals surface area contributed by atoms with Crippen LogP contribution in [0.3, 0.4) is 0 Å². The van der Waals surface area contributed by atoms with Crippen molar-refractivity contribution in [1.82, 2.24) is 0 Å². The second-order valence-corrected chi connectivity index (χ2v) is 5.89. The van der Waals surface area contributed by atoms with Gasteiger partial charge in [-0.15, -0.1) is 0 Å². The van der Waals surface area contributed by atoms with Crippen molar-refractivity contribution >= 4 is 17.9 Å². The monoisotopic (exact) mass is 351 g/mol. The molecule has 0 N–H and O–H groups in total. The molecule has 1 aliphatic heterocycles. The number of carbonyl (C=O) groups excluding carboxylic acids is 2. The molecule has 0 amide bonds. The Hall–Kier alpha value is -2.12. The fourth-order valence-corrected chi connectivity index (χ4v) is 3.29. The molecule has 1 aliphatic rings. The van der Waals surface area contributed by atoms with Gasteiger partial charge in [0.25, 0.3) is 0 Å². The lowest BCUT2D eigenvalue weighted by Crippen LogP contribution is -2.39. The third-order valence-corrected chi connectivity index (χ3v) is 4.61. The van der Waals surface area contributed by atoms with Crippen molar-refractivity contribution in [2.24, 2.45) is 5.92 Å². The zero-order chi connectivity index (χ0) is 18.4. The molecule has 1 heterocycles. The maximum absolute atomic E-state index is 11.9. The molecule has 7 nitrogen and oxygen atoms in total. The second-order valence-electron chi connectivity index (χ2n) is 5.89. The molecule has 0 spiro atoms. The van der Waals surface area contributed by atoms with Crippen molar-refractivity contribution in [2.75, 3.05) is 46.4 Å². The molecular formula is C18H25NO6. The third kappa shape index (κ3) is 4.11. The van der Waals surface area contributed by atoms with Crippen LogP contribution in [0.4, 0.5) is 5.69 Å². The molecule has 0 radical (unpaired) electrons. The molecule has 1 saturated heterocycles. The molecule has 1 aromatic carbocycles. The molecule has 25 heavy (non-hydrogen) atoms. The number of piperidine rings is 1. The molecule has 1 aromatic rings. The summed E-state index contributed by atoms with van der Waals surface area (Å²) < 4.78 is 20.8. The van der Waals surface area contributed by atoms with Crippen LogP contribution in [-0.2, 0) is 14.2 Å². The van der Waals surface area contributed by atoms with Gasteiger partial charge in [0.05, 0.1) is 14.2 Å². The van der Waals surface area contributed by atoms with Gasteiger partial charge in [-0.25, -0.2) is 4.79 Å². The van der Waals surface area contributed by atoms with E-state index in [-0.39, 0.29) is 17.4 Å². The summed E-state index contributed by atoms with van der Waals surface area (Å²) in [6.07, 6.45) is 2.26. The van der Waals surface area contributed by atoms with Crippen LogP contribution in [0.2, 0.25) is 0 Å². The molecule has 0 atom stereocenters. The number of carbonyl (C=O) groups is 2. The summed E-state index contributed by atoms with van der Waals surface area (Å²) in [7, 11) is 6.03. The van der Waals surface area contributed by atoms with Gasteiger partial charge >= 0.3 is 5.97 Å². The second kappa shape index (κ2) is 8.82. The SMILES string of the molecule is COC(=O)c1c(C=O)cc(N2CCC(C(OC)OC)CC2)cc1OC. The summed E-state index contributed by atoms with van der Waals surface area (Å²) in [5, 5.41) is 0. The number of aldehydes is 1. The molecule has 1 fully saturated rings. The fraction of sp³-hybridized carbons (Fsp3) is 0.556. The molecule has 0 aliphatic carbocycles. The molecule has 7 heteroatoms. The van der Waals surface area contributed by atoms with Gasteiger partial charge in [0.15, 0.2) is 12.6 Å². The molecule has 0 aromatic heterocycles. The smallest absolute Gasteiger partial charge is 0.342 e. The fourth-order valence-electron chi connectivity index (χ4n) is 3.29. The highest BCUT2D eigenvalue weighted by atomic mass is 16.7. The number of hydrogen-bond donors (Lipinski definition) is 0. The Morgan fingerprint density at radius 3 is 2.28 bits per heavy atom. The maximum Gasteiger partial charge on any atom is 0.342 e. The first-order valence-electron chi connectivity index (χ1n) is 8.15. The van der Waals surface area contributed by atoms with Crippen LogP contribution in [0.25, 0.3) is 0 Å². The Kier molecular flexibility index (Phi) is 6.78. The van der Waals surface area contributed by atoms with Gasteiger partial charge in [-0.1, -0.05) is 0 Å². The first-order valence-corrected chi connectivity index (χ1v) is 8.15. The number of rotatable bonds is 7. The number of ether oxygens (including phenoxy) is 4. The number of anilines is 1. The minimum Gasteiger partial charge on any atom is -0.496 e. The Balaban J connectivity index is 2.23. The van der Waals surface area contributed by atoms with E-state index in [0.717, 1.165) is 31.6 Å². The maximum atomic E-state index is 11.9. The lowest BCUT2D eigenvalue weighted by Gasteiger charge is -2.36. The highest BCUT2D eigenvalue weighted by Crippen LogP contribution is 2.32. The normalized spacial score (nSPS) is 15.3. The van der Waals surface area contributed by atoms with Crippen LogP contribution in [0.1, 0.15) is 33.6 Å². The summed E-state index contributed by atoms with van der Waals surface area (Å²) in [6.45, 7) is 1.60. The zero-order valence-corrected chi connectivity index (χ0v) is 15.1. The van der Waals surface area contributed by atoms with E-state index in [1.807, 2.05) is 0 Å². The van der Waals surface area contributed by atoms with Gasteiger partial charge in [0.2, 0.25) is 0 Å². The van der Waals surface area contributed by atoms with Crippen molar-refractivity contribution in [2.45, 2.75) is 19.1 Å². The third-order valence-electron chi connectivity index (χ3n) is 4.61. The number of esters is 1. The van der Waals surface area contributed by atoms with Crippen molar-refractivity contribution in [3.63, 3.8) is 0 Å². The molecule has 2 rings (SSSR count). The first kappa shape index (κ1) is 19.2. The van der Waals surface area contributed by atoms with Crippen LogP contribution >= 0.6 is 0 Å². The molecule has 0 bridgehead atoms. The van der Waals surface area contributed by atoms with Crippen molar-refractivity contribution in [1.29, 1.82) is 0 Å². The summed E-state index contributed by atoms with van der Waals surface area (Å²) in [5.74, 6) is 0.0699. The number of methoxy groups -OCH3 is 4. The Bertz CT molecular complexity index is 606. The van der Waals surface area contributed by atoms with Gasteiger partial charge in [0.1, 0.15) is 11.3 Å². The van der Waals surface area contributed by atoms with E-state index in [2.05, 4.69) is 4.90 Å². The van der Waals surface area contributed by atoms with E-state index in [4.69, 9.17) is 18.9 Å². The average Bonchev–Trinajstić information content (AvgIpc) is 2.67. The van der Waals surface area contributed by atoms with E-state index in [0.29, 0.717) is 18.0 Å². The largest absolute Gasteiger partial charge is 0.496 e. The lowest BCUT2D eigenvalue weighted by molar-refractivity contribution is -0.141. The van der Waals surface area contributed by atoms with E-state index < -0.39 is 5.97 Å². The minimum absolute atomic E-state index is 0.150. The Morgan fingerprint density at radius 2 is 1.80 bits per heavy atom. The molecule has 0 unspecified atom stereocenters. The summed E-state index contributed by atoms with van der Waals surface area (Å²) in [6, 6.07) is 3.47. The summed E-state index contributed by atoms with van der Waals surface area (Å²) >= 11 is 0. The molecule has 0 saturated carbocycles. The van der Waals surface area contributed by atoms with Crippen LogP contribution in [0, 0.1) is 5.92 Å². The molecular weight excluding hydrogens is 326 g/mol. The van der Waals surface area contributed by atoms with E-state index in [1.54, 1.807) is 26.4 Å². The van der Waals surface area contributed by atoms with Crippen LogP contribution < -0.4 is 9.64 Å². The van der Waals surface area contributed by atoms with E-state index in [9.17, 15) is 9.59 Å². The molecule has 138 valence electrons. The van der Waals surface area contributed by atoms with E-state index >= 15 is 0 Å².